The van der Waals surface area contributed by atoms with Crippen LogP contribution in [0.2, 0.25) is 0 Å². The second-order valence-corrected chi connectivity index (χ2v) is 5.31. The smallest absolute Gasteiger partial charge is 0.326 e. The third-order valence-corrected chi connectivity index (χ3v) is 3.33. The minimum Gasteiger partial charge on any atom is -0.480 e. The van der Waals surface area contributed by atoms with Gasteiger partial charge in [0.25, 0.3) is 0 Å². The van der Waals surface area contributed by atoms with Crippen molar-refractivity contribution in [3.8, 4) is 0 Å². The van der Waals surface area contributed by atoms with Crippen LogP contribution in [-0.4, -0.2) is 28.0 Å². The average molecular weight is 292 g/mol. The van der Waals surface area contributed by atoms with Gasteiger partial charge in [0, 0.05) is 17.1 Å². The molecule has 1 atom stereocenters. The van der Waals surface area contributed by atoms with Gasteiger partial charge in [0.1, 0.15) is 11.9 Å². The van der Waals surface area contributed by atoms with Gasteiger partial charge < -0.3 is 15.4 Å². The highest BCUT2D eigenvalue weighted by atomic mass is 19.1. The lowest BCUT2D eigenvalue weighted by atomic mass is 10.0. The van der Waals surface area contributed by atoms with Crippen molar-refractivity contribution in [2.75, 3.05) is 0 Å². The predicted molar refractivity (Wildman–Crippen MR) is 76.4 cm³/mol. The van der Waals surface area contributed by atoms with Gasteiger partial charge in [0.05, 0.1) is 6.42 Å². The third kappa shape index (κ3) is 3.39. The Morgan fingerprint density at radius 2 is 2.10 bits per heavy atom. The van der Waals surface area contributed by atoms with Gasteiger partial charge in [-0.05, 0) is 29.7 Å². The molecule has 1 amide bonds. The summed E-state index contributed by atoms with van der Waals surface area (Å²) >= 11 is 0. The molecule has 0 unspecified atom stereocenters. The Bertz CT molecular complexity index is 679. The Morgan fingerprint density at radius 3 is 2.71 bits per heavy atom. The quantitative estimate of drug-likeness (QED) is 0.789. The van der Waals surface area contributed by atoms with Gasteiger partial charge >= 0.3 is 5.97 Å². The second-order valence-electron chi connectivity index (χ2n) is 5.31. The molecule has 0 saturated carbocycles. The van der Waals surface area contributed by atoms with E-state index in [1.165, 1.54) is 12.1 Å². The van der Waals surface area contributed by atoms with Crippen molar-refractivity contribution in [2.45, 2.75) is 26.3 Å². The standard InChI is InChI=1S/C15H17FN2O3/c1-8(2)14(15(20)21)18-13(19)5-9-7-17-12-6-10(16)3-4-11(9)12/h3-4,6-8,14,17H,5H2,1-2H3,(H,18,19)(H,20,21)/t14-/m1/s1. The van der Waals surface area contributed by atoms with Crippen LogP contribution in [0.1, 0.15) is 19.4 Å². The van der Waals surface area contributed by atoms with E-state index < -0.39 is 12.0 Å². The van der Waals surface area contributed by atoms with Crippen LogP contribution in [0.3, 0.4) is 0 Å². The van der Waals surface area contributed by atoms with E-state index >= 15 is 0 Å². The fourth-order valence-corrected chi connectivity index (χ4v) is 2.22. The maximum atomic E-state index is 13.1. The molecule has 0 saturated heterocycles. The first kappa shape index (κ1) is 15.0. The summed E-state index contributed by atoms with van der Waals surface area (Å²) in [4.78, 5) is 25.9. The number of rotatable bonds is 5. The summed E-state index contributed by atoms with van der Waals surface area (Å²) in [5, 5.41) is 12.3. The van der Waals surface area contributed by atoms with Gasteiger partial charge in [-0.1, -0.05) is 13.8 Å². The molecule has 6 heteroatoms. The van der Waals surface area contributed by atoms with Crippen molar-refractivity contribution in [3.63, 3.8) is 0 Å². The maximum absolute atomic E-state index is 13.1. The van der Waals surface area contributed by atoms with Crippen molar-refractivity contribution < 1.29 is 19.1 Å². The summed E-state index contributed by atoms with van der Waals surface area (Å²) in [7, 11) is 0. The Morgan fingerprint density at radius 1 is 1.38 bits per heavy atom. The van der Waals surface area contributed by atoms with E-state index in [9.17, 15) is 14.0 Å². The largest absolute Gasteiger partial charge is 0.480 e. The Labute approximate surface area is 121 Å². The first-order chi connectivity index (χ1) is 9.88. The van der Waals surface area contributed by atoms with E-state index in [4.69, 9.17) is 5.11 Å². The van der Waals surface area contributed by atoms with Gasteiger partial charge in [-0.3, -0.25) is 4.79 Å². The van der Waals surface area contributed by atoms with Crippen molar-refractivity contribution in [2.24, 2.45) is 5.92 Å². The van der Waals surface area contributed by atoms with Gasteiger partial charge in [0.2, 0.25) is 5.91 Å². The SMILES string of the molecule is CC(C)[C@@H](NC(=O)Cc1c[nH]c2cc(F)ccc12)C(=O)O. The molecule has 0 fully saturated rings. The molecular weight excluding hydrogens is 275 g/mol. The minimum atomic E-state index is -1.06. The zero-order valence-corrected chi connectivity index (χ0v) is 11.8. The molecule has 112 valence electrons. The van der Waals surface area contributed by atoms with Crippen molar-refractivity contribution in [1.29, 1.82) is 0 Å². The van der Waals surface area contributed by atoms with Gasteiger partial charge in [0.15, 0.2) is 0 Å². The lowest BCUT2D eigenvalue weighted by molar-refractivity contribution is -0.143. The number of H-pyrrole nitrogens is 1. The van der Waals surface area contributed by atoms with Gasteiger partial charge in [-0.15, -0.1) is 0 Å². The van der Waals surface area contributed by atoms with E-state index in [1.807, 2.05) is 0 Å². The van der Waals surface area contributed by atoms with E-state index in [0.29, 0.717) is 11.1 Å². The van der Waals surface area contributed by atoms with Crippen LogP contribution in [0.15, 0.2) is 24.4 Å². The molecule has 2 rings (SSSR count). The summed E-state index contributed by atoms with van der Waals surface area (Å²) in [6.07, 6.45) is 1.68. The number of hydrogen-bond acceptors (Lipinski definition) is 2. The molecule has 1 aromatic carbocycles. The van der Waals surface area contributed by atoms with Crippen molar-refractivity contribution in [1.82, 2.24) is 10.3 Å². The van der Waals surface area contributed by atoms with Crippen LogP contribution < -0.4 is 5.32 Å². The summed E-state index contributed by atoms with van der Waals surface area (Å²) in [5.41, 5.74) is 1.31. The molecule has 2 aromatic rings. The number of benzene rings is 1. The lowest BCUT2D eigenvalue weighted by Crippen LogP contribution is -2.44. The minimum absolute atomic E-state index is 0.0438. The maximum Gasteiger partial charge on any atom is 0.326 e. The topological polar surface area (TPSA) is 82.2 Å². The fraction of sp³-hybridized carbons (Fsp3) is 0.333. The number of aromatic nitrogens is 1. The summed E-state index contributed by atoms with van der Waals surface area (Å²) in [6, 6.07) is 3.36. The highest BCUT2D eigenvalue weighted by Crippen LogP contribution is 2.19. The summed E-state index contributed by atoms with van der Waals surface area (Å²) in [6.45, 7) is 3.46. The van der Waals surface area contributed by atoms with Crippen LogP contribution in [0.4, 0.5) is 4.39 Å². The third-order valence-electron chi connectivity index (χ3n) is 3.33. The molecule has 0 bridgehead atoms. The molecule has 3 N–H and O–H groups in total. The number of nitrogens with one attached hydrogen (secondary N) is 2. The molecule has 21 heavy (non-hydrogen) atoms. The van der Waals surface area contributed by atoms with E-state index in [1.54, 1.807) is 26.1 Å². The number of carboxylic acids is 1. The second kappa shape index (κ2) is 5.95. The normalized spacial score (nSPS) is 12.6. The molecular formula is C15H17FN2O3. The molecule has 5 nitrogen and oxygen atoms in total. The zero-order valence-electron chi connectivity index (χ0n) is 11.8. The molecule has 1 aromatic heterocycles. The highest BCUT2D eigenvalue weighted by molar-refractivity contribution is 5.90. The molecule has 0 aliphatic carbocycles. The summed E-state index contributed by atoms with van der Waals surface area (Å²) < 4.78 is 13.1. The molecule has 0 aliphatic rings. The Kier molecular flexibility index (Phi) is 4.26. The number of carboxylic acid groups (broad SMARTS) is 1. The van der Waals surface area contributed by atoms with Crippen molar-refractivity contribution in [3.05, 3.63) is 35.8 Å². The number of aliphatic carboxylic acids is 1. The number of aromatic amines is 1. The van der Waals surface area contributed by atoms with E-state index in [0.717, 1.165) is 5.39 Å². The number of halogens is 1. The molecule has 0 aliphatic heterocycles. The number of carbonyl (C=O) groups excluding carboxylic acids is 1. The number of hydrogen-bond donors (Lipinski definition) is 3. The monoisotopic (exact) mass is 292 g/mol. The number of carbonyl (C=O) groups is 2. The zero-order chi connectivity index (χ0) is 15.6. The average Bonchev–Trinajstić information content (AvgIpc) is 2.77. The first-order valence-corrected chi connectivity index (χ1v) is 6.66. The number of amides is 1. The van der Waals surface area contributed by atoms with Crippen molar-refractivity contribution >= 4 is 22.8 Å². The fourth-order valence-electron chi connectivity index (χ4n) is 2.22. The van der Waals surface area contributed by atoms with Crippen LogP contribution in [0, 0.1) is 11.7 Å². The molecule has 0 radical (unpaired) electrons. The van der Waals surface area contributed by atoms with Crippen LogP contribution >= 0.6 is 0 Å². The predicted octanol–water partition coefficient (Wildman–Crippen LogP) is 2.07. The van der Waals surface area contributed by atoms with Crippen LogP contribution in [-0.2, 0) is 16.0 Å². The Balaban J connectivity index is 2.13. The molecule has 1 heterocycles. The Hall–Kier alpha value is -2.37. The van der Waals surface area contributed by atoms with Crippen LogP contribution in [0.5, 0.6) is 0 Å². The van der Waals surface area contributed by atoms with Gasteiger partial charge in [-0.25, -0.2) is 9.18 Å². The number of fused-ring (bicyclic) bond motifs is 1. The first-order valence-electron chi connectivity index (χ1n) is 6.66. The highest BCUT2D eigenvalue weighted by Gasteiger charge is 2.23. The van der Waals surface area contributed by atoms with E-state index in [-0.39, 0.29) is 24.1 Å². The van der Waals surface area contributed by atoms with E-state index in [2.05, 4.69) is 10.3 Å². The summed E-state index contributed by atoms with van der Waals surface area (Å²) in [5.74, 6) is -1.99. The molecule has 0 spiro atoms. The van der Waals surface area contributed by atoms with Gasteiger partial charge in [-0.2, -0.15) is 0 Å². The lowest BCUT2D eigenvalue weighted by Gasteiger charge is -2.17. The van der Waals surface area contributed by atoms with Crippen LogP contribution in [0.25, 0.3) is 10.9 Å².